The Morgan fingerprint density at radius 2 is 0.652 bits per heavy atom. The van der Waals surface area contributed by atoms with Crippen LogP contribution in [0.3, 0.4) is 0 Å². The molecular weight excluding hydrogens is 558 g/mol. The molecule has 2 N–H and O–H groups in total. The molecule has 0 fully saturated rings. The Morgan fingerprint density at radius 3 is 0.957 bits per heavy atom. The third-order valence-electron chi connectivity index (χ3n) is 9.99. The molecule has 0 bridgehead atoms. The molecular formula is C44H85NO. The lowest BCUT2D eigenvalue weighted by Gasteiger charge is -2.08. The van der Waals surface area contributed by atoms with Gasteiger partial charge in [0.15, 0.2) is 0 Å². The summed E-state index contributed by atoms with van der Waals surface area (Å²) < 4.78 is 0. The van der Waals surface area contributed by atoms with Gasteiger partial charge in [0.2, 0.25) is 5.91 Å². The average molecular weight is 644 g/mol. The predicted molar refractivity (Wildman–Crippen MR) is 209 cm³/mol. The van der Waals surface area contributed by atoms with E-state index < -0.39 is 0 Å². The largest absolute Gasteiger partial charge is 0.369 e. The highest BCUT2D eigenvalue weighted by atomic mass is 16.1. The van der Waals surface area contributed by atoms with E-state index in [1.807, 2.05) is 0 Å². The lowest BCUT2D eigenvalue weighted by atomic mass is 9.98. The Balaban J connectivity index is 3.45. The van der Waals surface area contributed by atoms with Crippen LogP contribution in [-0.2, 0) is 4.79 Å². The standard InChI is InChI=1S/C44H85NO/c1-3-5-7-9-11-13-15-17-19-21-23-24-26-28-30-32-34-36-38-40-42-43(44(45)46)41-39-37-35-33-31-29-27-25-22-20-18-16-14-12-10-8-6-4-2/h18,20,40,42-43H,3-17,19,21-39,41H2,1-2H3,(H2,45,46)/b20-18-,42-40?. The van der Waals surface area contributed by atoms with Crippen LogP contribution in [0, 0.1) is 5.92 Å². The summed E-state index contributed by atoms with van der Waals surface area (Å²) in [4.78, 5) is 11.9. The van der Waals surface area contributed by atoms with Crippen molar-refractivity contribution in [2.24, 2.45) is 11.7 Å². The summed E-state index contributed by atoms with van der Waals surface area (Å²) >= 11 is 0. The fourth-order valence-electron chi connectivity index (χ4n) is 6.72. The average Bonchev–Trinajstić information content (AvgIpc) is 3.05. The predicted octanol–water partition coefficient (Wildman–Crippen LogP) is 15.3. The molecule has 0 heterocycles. The van der Waals surface area contributed by atoms with Crippen molar-refractivity contribution in [3.63, 3.8) is 0 Å². The number of hydrogen-bond acceptors (Lipinski definition) is 1. The van der Waals surface area contributed by atoms with Crippen molar-refractivity contribution < 1.29 is 4.79 Å². The van der Waals surface area contributed by atoms with Gasteiger partial charge in [-0.25, -0.2) is 0 Å². The fraction of sp³-hybridized carbons (Fsp3) is 0.886. The fourth-order valence-corrected chi connectivity index (χ4v) is 6.72. The van der Waals surface area contributed by atoms with E-state index in [-0.39, 0.29) is 11.8 Å². The Hall–Kier alpha value is -1.05. The Morgan fingerprint density at radius 1 is 0.391 bits per heavy atom. The van der Waals surface area contributed by atoms with Gasteiger partial charge in [-0.15, -0.1) is 0 Å². The number of unbranched alkanes of at least 4 members (excludes halogenated alkanes) is 32. The van der Waals surface area contributed by atoms with E-state index in [2.05, 4.69) is 38.2 Å². The van der Waals surface area contributed by atoms with Gasteiger partial charge in [-0.05, 0) is 44.9 Å². The molecule has 0 radical (unpaired) electrons. The number of hydrogen-bond donors (Lipinski definition) is 1. The van der Waals surface area contributed by atoms with Crippen molar-refractivity contribution in [1.29, 1.82) is 0 Å². The molecule has 46 heavy (non-hydrogen) atoms. The van der Waals surface area contributed by atoms with Gasteiger partial charge in [-0.2, -0.15) is 0 Å². The first-order valence-electron chi connectivity index (χ1n) is 21.3. The monoisotopic (exact) mass is 644 g/mol. The molecule has 0 spiro atoms. The van der Waals surface area contributed by atoms with Crippen molar-refractivity contribution in [2.75, 3.05) is 0 Å². The second kappa shape index (κ2) is 40.1. The van der Waals surface area contributed by atoms with E-state index in [9.17, 15) is 4.79 Å². The van der Waals surface area contributed by atoms with Crippen LogP contribution in [-0.4, -0.2) is 5.91 Å². The van der Waals surface area contributed by atoms with Gasteiger partial charge in [0, 0.05) is 0 Å². The molecule has 1 unspecified atom stereocenters. The highest BCUT2D eigenvalue weighted by Crippen LogP contribution is 2.17. The molecule has 1 amide bonds. The lowest BCUT2D eigenvalue weighted by Crippen LogP contribution is -2.21. The summed E-state index contributed by atoms with van der Waals surface area (Å²) in [6.07, 6.45) is 58.0. The summed E-state index contributed by atoms with van der Waals surface area (Å²) in [5.41, 5.74) is 5.70. The first-order valence-corrected chi connectivity index (χ1v) is 21.3. The number of rotatable bonds is 39. The highest BCUT2D eigenvalue weighted by molar-refractivity contribution is 5.78. The summed E-state index contributed by atoms with van der Waals surface area (Å²) in [5, 5.41) is 0. The van der Waals surface area contributed by atoms with Crippen molar-refractivity contribution in [3.05, 3.63) is 24.3 Å². The van der Waals surface area contributed by atoms with Crippen molar-refractivity contribution >= 4 is 5.91 Å². The number of primary amides is 1. The summed E-state index contributed by atoms with van der Waals surface area (Å²) in [6.45, 7) is 4.58. The maximum Gasteiger partial charge on any atom is 0.224 e. The molecule has 272 valence electrons. The normalized spacial score (nSPS) is 12.6. The minimum atomic E-state index is -0.143. The van der Waals surface area contributed by atoms with Gasteiger partial charge in [0.05, 0.1) is 5.92 Å². The smallest absolute Gasteiger partial charge is 0.224 e. The Bertz CT molecular complexity index is 638. The third-order valence-corrected chi connectivity index (χ3v) is 9.99. The molecule has 0 saturated heterocycles. The Labute approximate surface area is 291 Å². The quantitative estimate of drug-likeness (QED) is 0.0525. The van der Waals surface area contributed by atoms with Crippen molar-refractivity contribution in [1.82, 2.24) is 0 Å². The van der Waals surface area contributed by atoms with E-state index in [1.54, 1.807) is 0 Å². The van der Waals surface area contributed by atoms with Crippen LogP contribution in [0.1, 0.15) is 245 Å². The number of carbonyl (C=O) groups excluding carboxylic acids is 1. The van der Waals surface area contributed by atoms with Gasteiger partial charge in [0.1, 0.15) is 0 Å². The first-order chi connectivity index (χ1) is 22.7. The number of allylic oxidation sites excluding steroid dienone is 3. The zero-order chi connectivity index (χ0) is 33.4. The van der Waals surface area contributed by atoms with E-state index in [0.29, 0.717) is 0 Å². The maximum atomic E-state index is 11.9. The zero-order valence-corrected chi connectivity index (χ0v) is 31.8. The van der Waals surface area contributed by atoms with E-state index in [0.717, 1.165) is 19.3 Å². The molecule has 1 atom stereocenters. The number of amides is 1. The first kappa shape index (κ1) is 45.0. The minimum Gasteiger partial charge on any atom is -0.369 e. The summed E-state index contributed by atoms with van der Waals surface area (Å²) in [6, 6.07) is 0. The van der Waals surface area contributed by atoms with Crippen LogP contribution in [0.4, 0.5) is 0 Å². The van der Waals surface area contributed by atoms with Gasteiger partial charge >= 0.3 is 0 Å². The lowest BCUT2D eigenvalue weighted by molar-refractivity contribution is -0.120. The molecule has 0 aliphatic carbocycles. The number of nitrogens with two attached hydrogens (primary N) is 1. The Kier molecular flexibility index (Phi) is 39.2. The van der Waals surface area contributed by atoms with Gasteiger partial charge in [-0.3, -0.25) is 4.79 Å². The molecule has 2 heteroatoms. The third kappa shape index (κ3) is 37.4. The zero-order valence-electron chi connectivity index (χ0n) is 31.8. The summed E-state index contributed by atoms with van der Waals surface area (Å²) in [7, 11) is 0. The summed E-state index contributed by atoms with van der Waals surface area (Å²) in [5.74, 6) is -0.209. The van der Waals surface area contributed by atoms with Gasteiger partial charge < -0.3 is 5.73 Å². The van der Waals surface area contributed by atoms with Crippen molar-refractivity contribution in [2.45, 2.75) is 245 Å². The molecule has 0 aromatic carbocycles. The van der Waals surface area contributed by atoms with Gasteiger partial charge in [0.25, 0.3) is 0 Å². The highest BCUT2D eigenvalue weighted by Gasteiger charge is 2.10. The van der Waals surface area contributed by atoms with E-state index in [4.69, 9.17) is 5.73 Å². The van der Waals surface area contributed by atoms with Crippen molar-refractivity contribution in [3.8, 4) is 0 Å². The van der Waals surface area contributed by atoms with E-state index in [1.165, 1.54) is 212 Å². The maximum absolute atomic E-state index is 11.9. The van der Waals surface area contributed by atoms with Crippen LogP contribution in [0.2, 0.25) is 0 Å². The molecule has 0 aliphatic heterocycles. The molecule has 0 aromatic heterocycles. The molecule has 0 saturated carbocycles. The van der Waals surface area contributed by atoms with Crippen LogP contribution < -0.4 is 5.73 Å². The second-order valence-corrected chi connectivity index (χ2v) is 14.7. The topological polar surface area (TPSA) is 43.1 Å². The SMILES string of the molecule is CCCCCCCC/C=C\CCCCCCCCCCC(C=CCCCCCCCCCCCCCCCCCCCC)C(N)=O. The molecule has 0 aromatic rings. The molecule has 2 nitrogen and oxygen atoms in total. The van der Waals surface area contributed by atoms with Crippen LogP contribution in [0.5, 0.6) is 0 Å². The molecule has 0 rings (SSSR count). The molecule has 0 aliphatic rings. The number of carbonyl (C=O) groups is 1. The van der Waals surface area contributed by atoms with E-state index >= 15 is 0 Å². The minimum absolute atomic E-state index is 0.0651. The van der Waals surface area contributed by atoms with Crippen LogP contribution >= 0.6 is 0 Å². The van der Waals surface area contributed by atoms with Gasteiger partial charge in [-0.1, -0.05) is 224 Å². The van der Waals surface area contributed by atoms with Crippen LogP contribution in [0.15, 0.2) is 24.3 Å². The second-order valence-electron chi connectivity index (χ2n) is 14.7. The van der Waals surface area contributed by atoms with Crippen LogP contribution in [0.25, 0.3) is 0 Å².